The Balaban J connectivity index is 4.45. The monoisotopic (exact) mass is 787 g/mol. The van der Waals surface area contributed by atoms with Gasteiger partial charge in [0.05, 0.1) is 27.7 Å². The molecule has 0 aliphatic heterocycles. The molecule has 1 unspecified atom stereocenters. The molecule has 0 aromatic heterocycles. The highest BCUT2D eigenvalue weighted by atomic mass is 31.2. The molecule has 0 heterocycles. The van der Waals surface area contributed by atoms with Crippen LogP contribution in [0.4, 0.5) is 0 Å². The zero-order chi connectivity index (χ0) is 40.0. The van der Waals surface area contributed by atoms with Gasteiger partial charge in [-0.05, 0) is 25.7 Å². The fraction of sp³-hybridized carbons (Fsp3) is 0.864. The molecule has 54 heavy (non-hydrogen) atoms. The number of nitrogens with zero attached hydrogens (tertiary/aromatic N) is 1. The molecule has 0 rings (SSSR count). The first-order valence-electron chi connectivity index (χ1n) is 22.1. The van der Waals surface area contributed by atoms with Crippen LogP contribution >= 0.6 is 7.82 Å². The Kier molecular flexibility index (Phi) is 36.1. The van der Waals surface area contributed by atoms with Crippen molar-refractivity contribution >= 4 is 19.8 Å². The summed E-state index contributed by atoms with van der Waals surface area (Å²) < 4.78 is 34.0. The fourth-order valence-corrected chi connectivity index (χ4v) is 6.85. The van der Waals surface area contributed by atoms with E-state index in [1.165, 1.54) is 153 Å². The number of likely N-dealkylation sites (N-methyl/N-ethyl adjacent to an activating group) is 1. The van der Waals surface area contributed by atoms with Gasteiger partial charge in [0.15, 0.2) is 6.10 Å². The molecule has 0 aliphatic carbocycles. The second kappa shape index (κ2) is 37.1. The zero-order valence-electron chi connectivity index (χ0n) is 35.7. The van der Waals surface area contributed by atoms with E-state index in [1.54, 1.807) is 12.2 Å². The highest BCUT2D eigenvalue weighted by Crippen LogP contribution is 2.43. The average Bonchev–Trinajstić information content (AvgIpc) is 3.12. The van der Waals surface area contributed by atoms with Crippen LogP contribution < -0.4 is 0 Å². The molecule has 1 N–H and O–H groups in total. The van der Waals surface area contributed by atoms with Crippen LogP contribution in [0, 0.1) is 0 Å². The van der Waals surface area contributed by atoms with Crippen molar-refractivity contribution in [3.63, 3.8) is 0 Å². The molecule has 9 nitrogen and oxygen atoms in total. The summed E-state index contributed by atoms with van der Waals surface area (Å²) in [7, 11) is 1.43. The molecule has 0 amide bonds. The average molecular weight is 787 g/mol. The van der Waals surface area contributed by atoms with Gasteiger partial charge in [-0.3, -0.25) is 9.05 Å². The third kappa shape index (κ3) is 40.2. The smallest absolute Gasteiger partial charge is 0.458 e. The molecule has 0 fully saturated rings. The van der Waals surface area contributed by atoms with Crippen LogP contribution in [0.15, 0.2) is 24.3 Å². The number of hydrogen-bond acceptors (Lipinski definition) is 7. The van der Waals surface area contributed by atoms with Crippen molar-refractivity contribution in [1.82, 2.24) is 0 Å². The van der Waals surface area contributed by atoms with Crippen molar-refractivity contribution < 1.29 is 42.1 Å². The third-order valence-electron chi connectivity index (χ3n) is 9.59. The maximum Gasteiger partial charge on any atom is 0.472 e. The summed E-state index contributed by atoms with van der Waals surface area (Å²) in [6.45, 7) is 4.27. The second-order valence-corrected chi connectivity index (χ2v) is 17.6. The van der Waals surface area contributed by atoms with E-state index in [-0.39, 0.29) is 13.2 Å². The summed E-state index contributed by atoms with van der Waals surface area (Å²) in [5.41, 5.74) is 0. The van der Waals surface area contributed by atoms with Gasteiger partial charge < -0.3 is 18.9 Å². The standard InChI is InChI=1S/C44H84NO8P/c1-6-8-10-12-14-16-18-20-22-24-26-28-30-32-34-36-43(46)50-40-42(41-52-54(48,49)51-39-38-45(3,4)5)53-44(47)37-35-33-31-29-27-25-23-21-19-17-15-13-11-9-7-2/h34-37,42H,6-33,38-41H2,1-5H3/p+1/t42-/m1/s1. The molecule has 10 heteroatoms. The minimum absolute atomic E-state index is 0.0166. The van der Waals surface area contributed by atoms with E-state index in [4.69, 9.17) is 18.5 Å². The zero-order valence-corrected chi connectivity index (χ0v) is 36.6. The first kappa shape index (κ1) is 52.5. The first-order chi connectivity index (χ1) is 26.0. The molecule has 2 atom stereocenters. The number of phosphoric ester groups is 1. The lowest BCUT2D eigenvalue weighted by atomic mass is 10.0. The lowest BCUT2D eigenvalue weighted by Crippen LogP contribution is -2.37. The van der Waals surface area contributed by atoms with Crippen molar-refractivity contribution in [1.29, 1.82) is 0 Å². The molecule has 0 aliphatic rings. The van der Waals surface area contributed by atoms with Gasteiger partial charge in [0.1, 0.15) is 19.8 Å². The third-order valence-corrected chi connectivity index (χ3v) is 10.6. The molecular weight excluding hydrogens is 701 g/mol. The van der Waals surface area contributed by atoms with E-state index in [0.29, 0.717) is 11.0 Å². The molecule has 0 saturated heterocycles. The summed E-state index contributed by atoms with van der Waals surface area (Å²) in [4.78, 5) is 35.1. The van der Waals surface area contributed by atoms with Crippen molar-refractivity contribution in [3.05, 3.63) is 24.3 Å². The summed E-state index contributed by atoms with van der Waals surface area (Å²) >= 11 is 0. The first-order valence-corrected chi connectivity index (χ1v) is 23.6. The van der Waals surface area contributed by atoms with Crippen LogP contribution in [0.2, 0.25) is 0 Å². The van der Waals surface area contributed by atoms with E-state index in [2.05, 4.69) is 13.8 Å². The predicted octanol–water partition coefficient (Wildman–Crippen LogP) is 12.4. The maximum atomic E-state index is 12.6. The Morgan fingerprint density at radius 2 is 0.926 bits per heavy atom. The van der Waals surface area contributed by atoms with Gasteiger partial charge in [0.2, 0.25) is 0 Å². The van der Waals surface area contributed by atoms with Gasteiger partial charge in [-0.1, -0.05) is 180 Å². The lowest BCUT2D eigenvalue weighted by molar-refractivity contribution is -0.870. The molecule has 318 valence electrons. The normalized spacial score (nSPS) is 13.8. The van der Waals surface area contributed by atoms with Gasteiger partial charge in [0.25, 0.3) is 0 Å². The van der Waals surface area contributed by atoms with Gasteiger partial charge in [-0.15, -0.1) is 0 Å². The summed E-state index contributed by atoms with van der Waals surface area (Å²) in [6.07, 6.45) is 40.3. The van der Waals surface area contributed by atoms with Gasteiger partial charge >= 0.3 is 19.8 Å². The topological polar surface area (TPSA) is 108 Å². The number of esters is 2. The Bertz CT molecular complexity index is 980. The Morgan fingerprint density at radius 3 is 1.31 bits per heavy atom. The quantitative estimate of drug-likeness (QED) is 0.0215. The molecule has 0 bridgehead atoms. The van der Waals surface area contributed by atoms with Gasteiger partial charge in [-0.25, -0.2) is 14.2 Å². The number of carbonyl (C=O) groups excluding carboxylic acids is 2. The number of ether oxygens (including phenoxy) is 2. The summed E-state index contributed by atoms with van der Waals surface area (Å²) in [5, 5.41) is 0. The fourth-order valence-electron chi connectivity index (χ4n) is 6.11. The number of hydrogen-bond donors (Lipinski definition) is 1. The van der Waals surface area contributed by atoms with Crippen LogP contribution in [-0.2, 0) is 32.7 Å². The number of allylic oxidation sites excluding steroid dienone is 2. The molecular formula is C44H85NO8P+. The van der Waals surface area contributed by atoms with Gasteiger partial charge in [-0.2, -0.15) is 0 Å². The predicted molar refractivity (Wildman–Crippen MR) is 224 cm³/mol. The van der Waals surface area contributed by atoms with Crippen molar-refractivity contribution in [3.8, 4) is 0 Å². The second-order valence-electron chi connectivity index (χ2n) is 16.2. The Morgan fingerprint density at radius 1 is 0.556 bits per heavy atom. The number of carbonyl (C=O) groups is 2. The lowest BCUT2D eigenvalue weighted by Gasteiger charge is -2.24. The highest BCUT2D eigenvalue weighted by Gasteiger charge is 2.26. The molecule has 0 spiro atoms. The van der Waals surface area contributed by atoms with Crippen LogP contribution in [-0.4, -0.2) is 74.9 Å². The van der Waals surface area contributed by atoms with E-state index >= 15 is 0 Å². The minimum Gasteiger partial charge on any atom is -0.458 e. The van der Waals surface area contributed by atoms with E-state index in [9.17, 15) is 19.0 Å². The highest BCUT2D eigenvalue weighted by molar-refractivity contribution is 7.47. The van der Waals surface area contributed by atoms with Crippen LogP contribution in [0.25, 0.3) is 0 Å². The Labute approximate surface area is 332 Å². The molecule has 0 aromatic carbocycles. The summed E-state index contributed by atoms with van der Waals surface area (Å²) in [5.74, 6) is -1.18. The number of quaternary nitrogens is 1. The largest absolute Gasteiger partial charge is 0.472 e. The SMILES string of the molecule is CCCCCCCCCCCCCCCC=CC(=O)OC[C@H](COP(=O)(O)OCC[N+](C)(C)C)OC(=O)C=CCCCCCCCCCCCCCCC. The van der Waals surface area contributed by atoms with E-state index in [0.717, 1.165) is 38.5 Å². The van der Waals surface area contributed by atoms with Crippen LogP contribution in [0.3, 0.4) is 0 Å². The van der Waals surface area contributed by atoms with Gasteiger partial charge in [0, 0.05) is 12.2 Å². The van der Waals surface area contributed by atoms with Crippen LogP contribution in [0.1, 0.15) is 194 Å². The van der Waals surface area contributed by atoms with Crippen molar-refractivity contribution in [2.24, 2.45) is 0 Å². The van der Waals surface area contributed by atoms with E-state index in [1.807, 2.05) is 21.1 Å². The summed E-state index contributed by atoms with van der Waals surface area (Å²) in [6, 6.07) is 0. The number of phosphoric acid groups is 1. The number of unbranched alkanes of at least 4 members (excludes halogenated alkanes) is 26. The van der Waals surface area contributed by atoms with E-state index < -0.39 is 32.5 Å². The molecule has 0 saturated carbocycles. The van der Waals surface area contributed by atoms with Crippen LogP contribution in [0.5, 0.6) is 0 Å². The Hall–Kier alpha value is -1.51. The van der Waals surface area contributed by atoms with Crippen molar-refractivity contribution in [2.45, 2.75) is 200 Å². The maximum absolute atomic E-state index is 12.6. The minimum atomic E-state index is -4.40. The molecule has 0 aromatic rings. The molecule has 0 radical (unpaired) electrons. The number of rotatable bonds is 40. The van der Waals surface area contributed by atoms with Crippen molar-refractivity contribution in [2.75, 3.05) is 47.5 Å².